The normalized spacial score (nSPS) is 17.4. The maximum Gasteiger partial charge on any atom is 0.313 e. The Balaban J connectivity index is 0.00000176. The molecule has 2 amide bonds. The maximum absolute atomic E-state index is 12.6. The number of rotatable bonds is 8. The second kappa shape index (κ2) is 12.5. The van der Waals surface area contributed by atoms with Gasteiger partial charge in [0.25, 0.3) is 11.8 Å². The van der Waals surface area contributed by atoms with Crippen molar-refractivity contribution in [2.24, 2.45) is 5.92 Å². The third kappa shape index (κ3) is 6.20. The highest BCUT2D eigenvalue weighted by molar-refractivity contribution is 6.22. The molecule has 0 saturated heterocycles. The number of amides is 2. The molecule has 190 valence electrons. The van der Waals surface area contributed by atoms with Crippen LogP contribution in [0.15, 0.2) is 83.1 Å². The number of allylic oxidation sites excluding steroid dienone is 5. The molecule has 3 aliphatic rings. The molecule has 5 heteroatoms. The molecule has 0 saturated carbocycles. The van der Waals surface area contributed by atoms with Crippen LogP contribution in [0.1, 0.15) is 70.9 Å². The molecule has 0 N–H and O–H groups in total. The summed E-state index contributed by atoms with van der Waals surface area (Å²) in [5.74, 6) is -0.462. The van der Waals surface area contributed by atoms with Crippen molar-refractivity contribution < 1.29 is 19.1 Å². The fraction of sp³-hybridized carbons (Fsp3) is 0.387. The minimum absolute atomic E-state index is 0.237. The predicted octanol–water partition coefficient (Wildman–Crippen LogP) is 6.34. The molecule has 2 aliphatic carbocycles. The minimum atomic E-state index is -0.321. The summed E-state index contributed by atoms with van der Waals surface area (Å²) in [6.45, 7) is 10.5. The van der Waals surface area contributed by atoms with E-state index in [4.69, 9.17) is 4.74 Å². The molecule has 0 aromatic heterocycles. The highest BCUT2D eigenvalue weighted by Crippen LogP contribution is 2.33. The molecule has 0 bridgehead atoms. The Morgan fingerprint density at radius 2 is 1.64 bits per heavy atom. The fourth-order valence-electron chi connectivity index (χ4n) is 4.44. The number of esters is 1. The summed E-state index contributed by atoms with van der Waals surface area (Å²) in [6.07, 6.45) is 13.8. The van der Waals surface area contributed by atoms with Crippen molar-refractivity contribution >= 4 is 17.8 Å². The van der Waals surface area contributed by atoms with Crippen LogP contribution in [0.25, 0.3) is 0 Å². The zero-order valence-electron chi connectivity index (χ0n) is 22.0. The average Bonchev–Trinajstić information content (AvgIpc) is 3.36. The lowest BCUT2D eigenvalue weighted by Crippen LogP contribution is -2.30. The molecular formula is C31H37NO4. The second-order valence-electron chi connectivity index (χ2n) is 9.45. The van der Waals surface area contributed by atoms with Gasteiger partial charge in [-0.25, -0.2) is 4.90 Å². The summed E-state index contributed by atoms with van der Waals surface area (Å²) in [5, 5.41) is 0. The Hall–Kier alpha value is -3.47. The van der Waals surface area contributed by atoms with E-state index in [1.165, 1.54) is 10.5 Å². The summed E-state index contributed by atoms with van der Waals surface area (Å²) in [5.41, 5.74) is 4.95. The zero-order valence-corrected chi connectivity index (χ0v) is 22.0. The number of nitrogens with zero attached hydrogens (tertiary/aromatic N) is 1. The van der Waals surface area contributed by atoms with Gasteiger partial charge < -0.3 is 4.74 Å². The van der Waals surface area contributed by atoms with E-state index in [1.807, 2.05) is 57.2 Å². The van der Waals surface area contributed by atoms with Crippen molar-refractivity contribution in [3.63, 3.8) is 0 Å². The van der Waals surface area contributed by atoms with Gasteiger partial charge in [0.1, 0.15) is 0 Å². The van der Waals surface area contributed by atoms with Gasteiger partial charge in [-0.2, -0.15) is 0 Å². The van der Waals surface area contributed by atoms with Crippen molar-refractivity contribution in [2.45, 2.75) is 66.2 Å². The van der Waals surface area contributed by atoms with Gasteiger partial charge in [0, 0.05) is 17.6 Å². The van der Waals surface area contributed by atoms with Crippen LogP contribution < -0.4 is 0 Å². The summed E-state index contributed by atoms with van der Waals surface area (Å²) in [7, 11) is 0. The summed E-state index contributed by atoms with van der Waals surface area (Å²) < 4.78 is 5.55. The molecule has 1 aromatic carbocycles. The molecule has 5 nitrogen and oxygen atoms in total. The SMILES string of the molecule is CC.CC(C)Cc1ccc(C(C)C(=O)OCCC2=CC=C(N3C(=O)C4=C(CC=C4)C3=O)C=CC2)cc1. The number of hydrogen-bond donors (Lipinski definition) is 0. The maximum atomic E-state index is 12.6. The van der Waals surface area contributed by atoms with Crippen LogP contribution in [0.4, 0.5) is 0 Å². The first-order chi connectivity index (χ1) is 17.3. The first-order valence-electron chi connectivity index (χ1n) is 13.0. The molecule has 1 atom stereocenters. The number of benzene rings is 1. The van der Waals surface area contributed by atoms with E-state index in [1.54, 1.807) is 12.2 Å². The van der Waals surface area contributed by atoms with E-state index in [9.17, 15) is 14.4 Å². The van der Waals surface area contributed by atoms with Crippen LogP contribution in [0.3, 0.4) is 0 Å². The lowest BCUT2D eigenvalue weighted by atomic mass is 9.97. The van der Waals surface area contributed by atoms with Gasteiger partial charge in [0.15, 0.2) is 0 Å². The Bertz CT molecular complexity index is 1150. The van der Waals surface area contributed by atoms with Gasteiger partial charge in [-0.1, -0.05) is 81.8 Å². The molecule has 1 heterocycles. The fourth-order valence-corrected chi connectivity index (χ4v) is 4.44. The Morgan fingerprint density at radius 3 is 2.31 bits per heavy atom. The van der Waals surface area contributed by atoms with E-state index in [-0.39, 0.29) is 23.7 Å². The molecular weight excluding hydrogens is 450 g/mol. The van der Waals surface area contributed by atoms with Crippen molar-refractivity contribution in [1.29, 1.82) is 0 Å². The standard InChI is InChI=1S/C29H31NO4.C2H6/c1-19(2)18-22-10-13-23(14-11-22)20(3)29(33)34-17-16-21-6-4-7-24(15-12-21)30-27(31)25-8-5-9-26(25)28(30)32;1-2/h4-5,7-8,10-15,19-20H,6,9,16-18H2,1-3H3;1-2H3. The van der Waals surface area contributed by atoms with Gasteiger partial charge in [-0.05, 0) is 55.4 Å². The summed E-state index contributed by atoms with van der Waals surface area (Å²) in [4.78, 5) is 39.1. The van der Waals surface area contributed by atoms with Gasteiger partial charge in [-0.3, -0.25) is 14.4 Å². The second-order valence-corrected chi connectivity index (χ2v) is 9.45. The molecule has 4 rings (SSSR count). The minimum Gasteiger partial charge on any atom is -0.465 e. The largest absolute Gasteiger partial charge is 0.465 e. The number of ether oxygens (including phenoxy) is 1. The van der Waals surface area contributed by atoms with Gasteiger partial charge in [0.2, 0.25) is 0 Å². The Morgan fingerprint density at radius 1 is 0.944 bits per heavy atom. The van der Waals surface area contributed by atoms with Crippen LogP contribution in [0.5, 0.6) is 0 Å². The molecule has 0 fully saturated rings. The molecule has 0 spiro atoms. The lowest BCUT2D eigenvalue weighted by molar-refractivity contribution is -0.145. The Labute approximate surface area is 214 Å². The van der Waals surface area contributed by atoms with Crippen LogP contribution in [-0.2, 0) is 25.5 Å². The number of imide groups is 1. The van der Waals surface area contributed by atoms with Crippen LogP contribution in [0, 0.1) is 5.92 Å². The van der Waals surface area contributed by atoms with Crippen molar-refractivity contribution in [3.8, 4) is 0 Å². The highest BCUT2D eigenvalue weighted by atomic mass is 16.5. The van der Waals surface area contributed by atoms with Crippen LogP contribution in [-0.4, -0.2) is 29.3 Å². The van der Waals surface area contributed by atoms with Gasteiger partial charge >= 0.3 is 5.97 Å². The quantitative estimate of drug-likeness (QED) is 0.317. The molecule has 0 radical (unpaired) electrons. The smallest absolute Gasteiger partial charge is 0.313 e. The molecule has 1 unspecified atom stereocenters. The van der Waals surface area contributed by atoms with Gasteiger partial charge in [-0.15, -0.1) is 0 Å². The first kappa shape index (κ1) is 27.1. The van der Waals surface area contributed by atoms with Crippen LogP contribution >= 0.6 is 0 Å². The van der Waals surface area contributed by atoms with E-state index in [0.29, 0.717) is 48.6 Å². The number of carbonyl (C=O) groups excluding carboxylic acids is 3. The lowest BCUT2D eigenvalue weighted by Gasteiger charge is -2.16. The van der Waals surface area contributed by atoms with E-state index in [0.717, 1.165) is 17.6 Å². The van der Waals surface area contributed by atoms with E-state index >= 15 is 0 Å². The van der Waals surface area contributed by atoms with Crippen LogP contribution in [0.2, 0.25) is 0 Å². The summed E-state index contributed by atoms with van der Waals surface area (Å²) >= 11 is 0. The number of hydrogen-bond acceptors (Lipinski definition) is 4. The number of carbonyl (C=O) groups is 3. The average molecular weight is 488 g/mol. The van der Waals surface area contributed by atoms with E-state index < -0.39 is 0 Å². The third-order valence-corrected chi connectivity index (χ3v) is 6.39. The van der Waals surface area contributed by atoms with Crippen molar-refractivity contribution in [1.82, 2.24) is 4.90 Å². The highest BCUT2D eigenvalue weighted by Gasteiger charge is 2.39. The topological polar surface area (TPSA) is 63.7 Å². The van der Waals surface area contributed by atoms with Crippen molar-refractivity contribution in [2.75, 3.05) is 6.61 Å². The Kier molecular flexibility index (Phi) is 9.40. The summed E-state index contributed by atoms with van der Waals surface area (Å²) in [6, 6.07) is 8.19. The predicted molar refractivity (Wildman–Crippen MR) is 143 cm³/mol. The molecule has 36 heavy (non-hydrogen) atoms. The van der Waals surface area contributed by atoms with Crippen molar-refractivity contribution in [3.05, 3.63) is 94.3 Å². The molecule has 1 aliphatic heterocycles. The van der Waals surface area contributed by atoms with Gasteiger partial charge in [0.05, 0.1) is 18.2 Å². The first-order valence-corrected chi connectivity index (χ1v) is 13.0. The molecule has 1 aromatic rings. The third-order valence-electron chi connectivity index (χ3n) is 6.39. The monoisotopic (exact) mass is 487 g/mol. The zero-order chi connectivity index (χ0) is 26.2. The van der Waals surface area contributed by atoms with E-state index in [2.05, 4.69) is 26.0 Å².